The first-order valence-corrected chi connectivity index (χ1v) is 10.1. The second kappa shape index (κ2) is 8.30. The zero-order chi connectivity index (χ0) is 22.2. The number of amides is 1. The van der Waals surface area contributed by atoms with E-state index in [2.05, 4.69) is 10.4 Å². The predicted octanol–water partition coefficient (Wildman–Crippen LogP) is 4.12. The van der Waals surface area contributed by atoms with Crippen LogP contribution in [0.2, 0.25) is 0 Å². The molecule has 0 unspecified atom stereocenters. The summed E-state index contributed by atoms with van der Waals surface area (Å²) in [4.78, 5) is 29.5. The molecule has 0 radical (unpaired) electrons. The van der Waals surface area contributed by atoms with E-state index in [4.69, 9.17) is 9.40 Å². The lowest BCUT2D eigenvalue weighted by molar-refractivity contribution is -0.139. The minimum atomic E-state index is -1.05. The zero-order valence-electron chi connectivity index (χ0n) is 18.2. The number of carbonyl (C=O) groups excluding carboxylic acids is 1. The number of aryl methyl sites for hydroxylation is 2. The SMILES string of the molecule is Cc1cc(-c2cc(C(=O)N[C@@H](CC(C)C)C(=O)O)c3cnn(C(C)C)c3n2)c(C)o1. The summed E-state index contributed by atoms with van der Waals surface area (Å²) in [5.41, 5.74) is 2.29. The summed E-state index contributed by atoms with van der Waals surface area (Å²) >= 11 is 0. The highest BCUT2D eigenvalue weighted by atomic mass is 16.4. The number of carbonyl (C=O) groups is 2. The lowest BCUT2D eigenvalue weighted by Gasteiger charge is -2.17. The molecule has 0 aliphatic rings. The van der Waals surface area contributed by atoms with Crippen molar-refractivity contribution < 1.29 is 19.1 Å². The lowest BCUT2D eigenvalue weighted by atomic mass is 10.0. The molecule has 0 aromatic carbocycles. The molecule has 1 atom stereocenters. The van der Waals surface area contributed by atoms with E-state index in [1.807, 2.05) is 47.6 Å². The molecule has 0 saturated heterocycles. The molecular weight excluding hydrogens is 384 g/mol. The number of carboxylic acids is 1. The predicted molar refractivity (Wildman–Crippen MR) is 113 cm³/mol. The van der Waals surface area contributed by atoms with Crippen molar-refractivity contribution in [2.45, 2.75) is 60.0 Å². The smallest absolute Gasteiger partial charge is 0.326 e. The van der Waals surface area contributed by atoms with Crippen LogP contribution in [0.15, 0.2) is 22.7 Å². The van der Waals surface area contributed by atoms with E-state index < -0.39 is 17.9 Å². The molecule has 3 rings (SSSR count). The van der Waals surface area contributed by atoms with Crippen molar-refractivity contribution in [3.8, 4) is 11.3 Å². The van der Waals surface area contributed by atoms with Gasteiger partial charge in [0.15, 0.2) is 5.65 Å². The first kappa shape index (κ1) is 21.5. The average molecular weight is 412 g/mol. The van der Waals surface area contributed by atoms with E-state index in [0.29, 0.717) is 34.5 Å². The number of carboxylic acid groups (broad SMARTS) is 1. The van der Waals surface area contributed by atoms with Crippen molar-refractivity contribution >= 4 is 22.9 Å². The van der Waals surface area contributed by atoms with Gasteiger partial charge in [-0.25, -0.2) is 14.5 Å². The Morgan fingerprint density at radius 2 is 1.90 bits per heavy atom. The Kier molecular flexibility index (Phi) is 5.96. The van der Waals surface area contributed by atoms with Gasteiger partial charge < -0.3 is 14.8 Å². The number of nitrogens with zero attached hydrogens (tertiary/aromatic N) is 3. The maximum atomic E-state index is 13.1. The van der Waals surface area contributed by atoms with Crippen LogP contribution in [0.5, 0.6) is 0 Å². The van der Waals surface area contributed by atoms with Gasteiger partial charge in [-0.05, 0) is 52.2 Å². The Bertz CT molecular complexity index is 1090. The Morgan fingerprint density at radius 1 is 1.20 bits per heavy atom. The number of hydrogen-bond donors (Lipinski definition) is 2. The van der Waals surface area contributed by atoms with E-state index >= 15 is 0 Å². The molecule has 0 aliphatic heterocycles. The fourth-order valence-corrected chi connectivity index (χ4v) is 3.54. The van der Waals surface area contributed by atoms with Crippen LogP contribution in [0.4, 0.5) is 0 Å². The van der Waals surface area contributed by atoms with Crippen LogP contribution in [-0.4, -0.2) is 37.8 Å². The summed E-state index contributed by atoms with van der Waals surface area (Å²) in [5.74, 6) is 0.0551. The summed E-state index contributed by atoms with van der Waals surface area (Å²) in [6.45, 7) is 11.5. The van der Waals surface area contributed by atoms with Crippen LogP contribution < -0.4 is 5.32 Å². The number of nitrogens with one attached hydrogen (secondary N) is 1. The van der Waals surface area contributed by atoms with Crippen molar-refractivity contribution in [2.24, 2.45) is 5.92 Å². The first-order valence-electron chi connectivity index (χ1n) is 10.1. The van der Waals surface area contributed by atoms with E-state index in [0.717, 1.165) is 11.3 Å². The highest BCUT2D eigenvalue weighted by Gasteiger charge is 2.25. The molecule has 8 heteroatoms. The molecule has 3 aromatic rings. The minimum absolute atomic E-state index is 0.0426. The topological polar surface area (TPSA) is 110 Å². The van der Waals surface area contributed by atoms with Gasteiger partial charge in [-0.2, -0.15) is 5.10 Å². The van der Waals surface area contributed by atoms with E-state index in [-0.39, 0.29) is 12.0 Å². The molecule has 3 aromatic heterocycles. The number of aliphatic carboxylic acids is 1. The third kappa shape index (κ3) is 4.22. The summed E-state index contributed by atoms with van der Waals surface area (Å²) in [6, 6.07) is 2.62. The monoisotopic (exact) mass is 412 g/mol. The molecule has 2 N–H and O–H groups in total. The van der Waals surface area contributed by atoms with Crippen LogP contribution in [0, 0.1) is 19.8 Å². The summed E-state index contributed by atoms with van der Waals surface area (Å²) in [7, 11) is 0. The molecule has 0 spiro atoms. The Hall–Kier alpha value is -3.16. The maximum absolute atomic E-state index is 13.1. The van der Waals surface area contributed by atoms with Gasteiger partial charge in [0.25, 0.3) is 5.91 Å². The molecule has 0 fully saturated rings. The number of hydrogen-bond acceptors (Lipinski definition) is 5. The van der Waals surface area contributed by atoms with Crippen LogP contribution in [0.25, 0.3) is 22.3 Å². The van der Waals surface area contributed by atoms with Crippen LogP contribution in [-0.2, 0) is 4.79 Å². The minimum Gasteiger partial charge on any atom is -0.480 e. The highest BCUT2D eigenvalue weighted by Crippen LogP contribution is 2.30. The third-order valence-corrected chi connectivity index (χ3v) is 4.93. The van der Waals surface area contributed by atoms with Crippen molar-refractivity contribution in [3.63, 3.8) is 0 Å². The normalized spacial score (nSPS) is 12.7. The number of pyridine rings is 1. The molecule has 0 saturated carbocycles. The van der Waals surface area contributed by atoms with Crippen molar-refractivity contribution in [3.05, 3.63) is 35.4 Å². The standard InChI is InChI=1S/C22H28N4O4/c1-11(2)7-19(22(28)29)25-21(27)16-9-18(15-8-13(5)30-14(15)6)24-20-17(16)10-23-26(20)12(3)4/h8-12,19H,7H2,1-6H3,(H,25,27)(H,28,29)/t19-/m0/s1. The Balaban J connectivity index is 2.14. The quantitative estimate of drug-likeness (QED) is 0.604. The first-order chi connectivity index (χ1) is 14.1. The van der Waals surface area contributed by atoms with E-state index in [1.54, 1.807) is 16.9 Å². The van der Waals surface area contributed by atoms with Gasteiger partial charge in [0, 0.05) is 11.6 Å². The molecule has 3 heterocycles. The van der Waals surface area contributed by atoms with E-state index in [1.165, 1.54) is 0 Å². The Morgan fingerprint density at radius 3 is 2.43 bits per heavy atom. The molecule has 1 amide bonds. The van der Waals surface area contributed by atoms with Crippen molar-refractivity contribution in [2.75, 3.05) is 0 Å². The molecule has 30 heavy (non-hydrogen) atoms. The van der Waals surface area contributed by atoms with Crippen molar-refractivity contribution in [1.29, 1.82) is 0 Å². The lowest BCUT2D eigenvalue weighted by Crippen LogP contribution is -2.41. The molecule has 0 aliphatic carbocycles. The van der Waals surface area contributed by atoms with Gasteiger partial charge in [-0.3, -0.25) is 4.79 Å². The summed E-state index contributed by atoms with van der Waals surface area (Å²) < 4.78 is 7.39. The van der Waals surface area contributed by atoms with Gasteiger partial charge in [-0.15, -0.1) is 0 Å². The average Bonchev–Trinajstić information content (AvgIpc) is 3.22. The largest absolute Gasteiger partial charge is 0.480 e. The molecule has 160 valence electrons. The van der Waals surface area contributed by atoms with Crippen LogP contribution in [0.3, 0.4) is 0 Å². The second-order valence-electron chi connectivity index (χ2n) is 8.30. The van der Waals surface area contributed by atoms with Gasteiger partial charge in [0.2, 0.25) is 0 Å². The second-order valence-corrected chi connectivity index (χ2v) is 8.30. The van der Waals surface area contributed by atoms with Gasteiger partial charge in [-0.1, -0.05) is 13.8 Å². The fourth-order valence-electron chi connectivity index (χ4n) is 3.54. The molecular formula is C22H28N4O4. The summed E-state index contributed by atoms with van der Waals surface area (Å²) in [5, 5.41) is 17.2. The van der Waals surface area contributed by atoms with E-state index in [9.17, 15) is 14.7 Å². The van der Waals surface area contributed by atoms with Crippen molar-refractivity contribution in [1.82, 2.24) is 20.1 Å². The Labute approximate surface area is 175 Å². The number of fused-ring (bicyclic) bond motifs is 1. The zero-order valence-corrected chi connectivity index (χ0v) is 18.2. The highest BCUT2D eigenvalue weighted by molar-refractivity contribution is 6.07. The third-order valence-electron chi connectivity index (χ3n) is 4.93. The van der Waals surface area contributed by atoms with Gasteiger partial charge in [0.05, 0.1) is 22.8 Å². The number of furan rings is 1. The van der Waals surface area contributed by atoms with Crippen LogP contribution >= 0.6 is 0 Å². The molecule has 0 bridgehead atoms. The number of rotatable bonds is 7. The van der Waals surface area contributed by atoms with Crippen LogP contribution in [0.1, 0.15) is 62.0 Å². The maximum Gasteiger partial charge on any atom is 0.326 e. The van der Waals surface area contributed by atoms with Gasteiger partial charge >= 0.3 is 5.97 Å². The van der Waals surface area contributed by atoms with Gasteiger partial charge in [0.1, 0.15) is 17.6 Å². The number of aromatic nitrogens is 3. The fraction of sp³-hybridized carbons (Fsp3) is 0.455. The molecule has 8 nitrogen and oxygen atoms in total. The summed E-state index contributed by atoms with van der Waals surface area (Å²) in [6.07, 6.45) is 1.94.